The van der Waals surface area contributed by atoms with Gasteiger partial charge in [-0.3, -0.25) is 9.18 Å². The number of hydrogen-bond donors (Lipinski definition) is 1. The topological polar surface area (TPSA) is 49.8 Å². The zero-order chi connectivity index (χ0) is 15.1. The third-order valence-electron chi connectivity index (χ3n) is 3.62. The van der Waals surface area contributed by atoms with Gasteiger partial charge in [0.1, 0.15) is 5.75 Å². The Bertz CT molecular complexity index is 467. The molecule has 4 nitrogen and oxygen atoms in total. The number of aliphatic hydroxyl groups excluding tert-OH is 1. The average Bonchev–Trinajstić information content (AvgIpc) is 2.50. The number of alkyl halides is 1. The molecule has 0 fully saturated rings. The lowest BCUT2D eigenvalue weighted by molar-refractivity contribution is -0.127. The number of hydrogen-bond acceptors (Lipinski definition) is 3. The predicted molar refractivity (Wildman–Crippen MR) is 79.4 cm³/mol. The van der Waals surface area contributed by atoms with E-state index in [-0.39, 0.29) is 19.2 Å². The van der Waals surface area contributed by atoms with Crippen molar-refractivity contribution < 1.29 is 19.0 Å². The van der Waals surface area contributed by atoms with Crippen molar-refractivity contribution in [2.45, 2.75) is 38.2 Å². The Kier molecular flexibility index (Phi) is 5.99. The molecule has 1 N–H and O–H groups in total. The maximum absolute atomic E-state index is 12.4. The van der Waals surface area contributed by atoms with Crippen LogP contribution in [0.25, 0.3) is 0 Å². The highest BCUT2D eigenvalue weighted by Crippen LogP contribution is 2.34. The number of nitrogens with zero attached hydrogens (tertiary/aromatic N) is 1. The Morgan fingerprint density at radius 2 is 1.95 bits per heavy atom. The summed E-state index contributed by atoms with van der Waals surface area (Å²) in [5.74, 6) is 0.576. The largest absolute Gasteiger partial charge is 0.478 e. The van der Waals surface area contributed by atoms with Crippen LogP contribution in [-0.4, -0.2) is 36.9 Å². The van der Waals surface area contributed by atoms with Gasteiger partial charge in [0.15, 0.2) is 6.10 Å². The Hall–Kier alpha value is -1.62. The van der Waals surface area contributed by atoms with E-state index in [9.17, 15) is 9.18 Å². The van der Waals surface area contributed by atoms with Crippen LogP contribution in [0.5, 0.6) is 5.75 Å². The highest BCUT2D eigenvalue weighted by Gasteiger charge is 2.33. The van der Waals surface area contributed by atoms with Gasteiger partial charge in [0.05, 0.1) is 12.4 Å². The molecule has 1 aromatic carbocycles. The molecule has 1 aliphatic heterocycles. The van der Waals surface area contributed by atoms with Gasteiger partial charge in [-0.2, -0.15) is 0 Å². The molecule has 21 heavy (non-hydrogen) atoms. The molecular formula is C16H22FNO3. The summed E-state index contributed by atoms with van der Waals surface area (Å²) >= 11 is 0. The molecule has 116 valence electrons. The summed E-state index contributed by atoms with van der Waals surface area (Å²) in [7, 11) is 0. The first kappa shape index (κ1) is 15.8. The number of ether oxygens (including phenoxy) is 1. The quantitative estimate of drug-likeness (QED) is 0.750. The van der Waals surface area contributed by atoms with E-state index in [1.807, 2.05) is 24.3 Å². The number of amides is 1. The number of para-hydroxylation sites is 2. The number of carbonyl (C=O) groups is 1. The van der Waals surface area contributed by atoms with Crippen molar-refractivity contribution in [2.75, 3.05) is 24.7 Å². The molecule has 1 heterocycles. The Morgan fingerprint density at radius 1 is 1.19 bits per heavy atom. The van der Waals surface area contributed by atoms with E-state index in [0.717, 1.165) is 24.9 Å². The second kappa shape index (κ2) is 7.98. The molecular weight excluding hydrogens is 273 g/mol. The zero-order valence-electron chi connectivity index (χ0n) is 12.1. The van der Waals surface area contributed by atoms with E-state index in [1.165, 1.54) is 0 Å². The smallest absolute Gasteiger partial charge is 0.268 e. The molecule has 2 rings (SSSR count). The first-order chi connectivity index (χ1) is 10.3. The van der Waals surface area contributed by atoms with Crippen molar-refractivity contribution in [3.63, 3.8) is 0 Å². The van der Waals surface area contributed by atoms with Gasteiger partial charge < -0.3 is 14.7 Å². The van der Waals surface area contributed by atoms with E-state index < -0.39 is 6.10 Å². The van der Waals surface area contributed by atoms with Gasteiger partial charge in [-0.25, -0.2) is 0 Å². The summed E-state index contributed by atoms with van der Waals surface area (Å²) < 4.78 is 17.7. The van der Waals surface area contributed by atoms with E-state index in [1.54, 1.807) is 4.90 Å². The maximum Gasteiger partial charge on any atom is 0.268 e. The summed E-state index contributed by atoms with van der Waals surface area (Å²) in [6.45, 7) is 0.244. The fourth-order valence-corrected chi connectivity index (χ4v) is 2.52. The van der Waals surface area contributed by atoms with Crippen LogP contribution in [0.4, 0.5) is 10.1 Å². The summed E-state index contributed by atoms with van der Waals surface area (Å²) in [5.41, 5.74) is 0.780. The number of benzene rings is 1. The van der Waals surface area contributed by atoms with Crippen LogP contribution in [-0.2, 0) is 4.79 Å². The van der Waals surface area contributed by atoms with Gasteiger partial charge in [-0.15, -0.1) is 0 Å². The average molecular weight is 295 g/mol. The zero-order valence-corrected chi connectivity index (χ0v) is 12.1. The summed E-state index contributed by atoms with van der Waals surface area (Å²) in [6, 6.07) is 7.44. The lowest BCUT2D eigenvalue weighted by Gasteiger charge is -2.34. The molecule has 0 aliphatic carbocycles. The number of rotatable bonds is 8. The number of anilines is 1. The van der Waals surface area contributed by atoms with Crippen molar-refractivity contribution in [3.8, 4) is 5.75 Å². The fourth-order valence-electron chi connectivity index (χ4n) is 2.52. The van der Waals surface area contributed by atoms with E-state index >= 15 is 0 Å². The molecule has 0 saturated carbocycles. The normalized spacial score (nSPS) is 17.5. The molecule has 0 aromatic heterocycles. The minimum atomic E-state index is -0.615. The Morgan fingerprint density at radius 3 is 2.71 bits per heavy atom. The van der Waals surface area contributed by atoms with Gasteiger partial charge in [-0.1, -0.05) is 25.0 Å². The molecule has 1 amide bonds. The number of halogens is 1. The first-order valence-electron chi connectivity index (χ1n) is 7.52. The van der Waals surface area contributed by atoms with E-state index in [4.69, 9.17) is 9.84 Å². The summed E-state index contributed by atoms with van der Waals surface area (Å²) in [6.07, 6.45) is 2.85. The standard InChI is InChI=1S/C16H22FNO3/c17-10-5-1-2-6-11-18-13-7-3-4-8-14(13)21-15(9-12-19)16(18)20/h3-4,7-8,15,19H,1-2,5-6,9-12H2. The number of fused-ring (bicyclic) bond motifs is 1. The second-order valence-electron chi connectivity index (χ2n) is 5.18. The molecule has 1 atom stereocenters. The number of aliphatic hydroxyl groups is 1. The van der Waals surface area contributed by atoms with Gasteiger partial charge in [0.25, 0.3) is 5.91 Å². The third kappa shape index (κ3) is 3.94. The van der Waals surface area contributed by atoms with Crippen molar-refractivity contribution in [1.82, 2.24) is 0 Å². The second-order valence-corrected chi connectivity index (χ2v) is 5.18. The minimum Gasteiger partial charge on any atom is -0.478 e. The minimum absolute atomic E-state index is 0.0804. The van der Waals surface area contributed by atoms with Crippen LogP contribution < -0.4 is 9.64 Å². The lowest BCUT2D eigenvalue weighted by atomic mass is 10.1. The van der Waals surface area contributed by atoms with E-state index in [0.29, 0.717) is 25.1 Å². The maximum atomic E-state index is 12.4. The molecule has 1 aliphatic rings. The van der Waals surface area contributed by atoms with E-state index in [2.05, 4.69) is 0 Å². The molecule has 5 heteroatoms. The van der Waals surface area contributed by atoms with Crippen LogP contribution in [0.2, 0.25) is 0 Å². The first-order valence-corrected chi connectivity index (χ1v) is 7.52. The van der Waals surface area contributed by atoms with Gasteiger partial charge >= 0.3 is 0 Å². The fraction of sp³-hybridized carbons (Fsp3) is 0.562. The van der Waals surface area contributed by atoms with Crippen molar-refractivity contribution in [3.05, 3.63) is 24.3 Å². The van der Waals surface area contributed by atoms with Crippen LogP contribution in [0, 0.1) is 0 Å². The van der Waals surface area contributed by atoms with Crippen LogP contribution in [0.3, 0.4) is 0 Å². The van der Waals surface area contributed by atoms with Crippen molar-refractivity contribution >= 4 is 11.6 Å². The van der Waals surface area contributed by atoms with Gasteiger partial charge in [0.2, 0.25) is 0 Å². The predicted octanol–water partition coefficient (Wildman–Crippen LogP) is 2.69. The Balaban J connectivity index is 2.04. The van der Waals surface area contributed by atoms with Crippen LogP contribution in [0.1, 0.15) is 32.1 Å². The van der Waals surface area contributed by atoms with Gasteiger partial charge in [-0.05, 0) is 25.0 Å². The molecule has 0 bridgehead atoms. The SMILES string of the molecule is O=C1C(CCO)Oc2ccccc2N1CCCCCCF. The highest BCUT2D eigenvalue weighted by molar-refractivity contribution is 5.99. The van der Waals surface area contributed by atoms with Crippen LogP contribution >= 0.6 is 0 Å². The highest BCUT2D eigenvalue weighted by atomic mass is 19.1. The van der Waals surface area contributed by atoms with Crippen LogP contribution in [0.15, 0.2) is 24.3 Å². The van der Waals surface area contributed by atoms with Crippen molar-refractivity contribution in [2.24, 2.45) is 0 Å². The molecule has 0 spiro atoms. The lowest BCUT2D eigenvalue weighted by Crippen LogP contribution is -2.46. The van der Waals surface area contributed by atoms with Crippen molar-refractivity contribution in [1.29, 1.82) is 0 Å². The summed E-state index contributed by atoms with van der Waals surface area (Å²) in [4.78, 5) is 14.2. The third-order valence-corrected chi connectivity index (χ3v) is 3.62. The van der Waals surface area contributed by atoms with Gasteiger partial charge in [0, 0.05) is 19.6 Å². The molecule has 0 saturated heterocycles. The molecule has 0 radical (unpaired) electrons. The Labute approximate surface area is 124 Å². The molecule has 1 aromatic rings. The monoisotopic (exact) mass is 295 g/mol. The molecule has 1 unspecified atom stereocenters. The number of carbonyl (C=O) groups excluding carboxylic acids is 1. The number of unbranched alkanes of at least 4 members (excludes halogenated alkanes) is 3. The summed E-state index contributed by atoms with van der Waals surface area (Å²) in [5, 5.41) is 9.06.